The normalized spacial score (nSPS) is 10.5. The second-order valence-corrected chi connectivity index (χ2v) is 3.62. The molecule has 100 valence electrons. The van der Waals surface area contributed by atoms with Crippen LogP contribution < -0.4 is 10.1 Å². The number of nitrogens with zero attached hydrogens (tertiary/aromatic N) is 2. The molecule has 0 bridgehead atoms. The van der Waals surface area contributed by atoms with E-state index in [9.17, 15) is 13.6 Å². The number of anilines is 1. The first-order valence-electron chi connectivity index (χ1n) is 5.39. The van der Waals surface area contributed by atoms with Crippen LogP contribution in [0.25, 0.3) is 0 Å². The van der Waals surface area contributed by atoms with Gasteiger partial charge in [-0.1, -0.05) is 6.07 Å². The highest BCUT2D eigenvalue weighted by Crippen LogP contribution is 2.18. The van der Waals surface area contributed by atoms with E-state index in [4.69, 9.17) is 4.74 Å². The van der Waals surface area contributed by atoms with Gasteiger partial charge in [0.1, 0.15) is 11.4 Å². The molecule has 7 heteroatoms. The molecule has 1 N–H and O–H groups in total. The maximum atomic E-state index is 12.6. The molecule has 0 aliphatic rings. The van der Waals surface area contributed by atoms with Gasteiger partial charge < -0.3 is 10.1 Å². The van der Waals surface area contributed by atoms with Crippen LogP contribution in [0.3, 0.4) is 0 Å². The molecule has 0 saturated carbocycles. The van der Waals surface area contributed by atoms with Gasteiger partial charge in [0.15, 0.2) is 0 Å². The molecule has 0 radical (unpaired) electrons. The molecule has 0 aliphatic carbocycles. The molecule has 1 heterocycles. The van der Waals surface area contributed by atoms with Crippen LogP contribution in [-0.2, 0) is 0 Å². The van der Waals surface area contributed by atoms with Crippen LogP contribution >= 0.6 is 0 Å². The fourth-order valence-electron chi connectivity index (χ4n) is 1.55. The van der Waals surface area contributed by atoms with Crippen molar-refractivity contribution in [3.8, 4) is 5.75 Å². The fraction of sp³-hybridized carbons (Fsp3) is 0.167. The number of ether oxygens (including phenoxy) is 1. The minimum Gasteiger partial charge on any atom is -0.497 e. The highest BCUT2D eigenvalue weighted by molar-refractivity contribution is 6.03. The Bertz CT molecular complexity index is 584. The number of methoxy groups -OCH3 is 1. The van der Waals surface area contributed by atoms with Gasteiger partial charge in [0, 0.05) is 18.0 Å². The number of rotatable bonds is 4. The number of amides is 1. The van der Waals surface area contributed by atoms with Crippen LogP contribution in [0.15, 0.2) is 36.5 Å². The quantitative estimate of drug-likeness (QED) is 0.926. The Morgan fingerprint density at radius 2 is 2.21 bits per heavy atom. The molecular formula is C12H11F2N3O2. The Morgan fingerprint density at radius 1 is 1.42 bits per heavy atom. The van der Waals surface area contributed by atoms with Gasteiger partial charge in [-0.25, -0.2) is 0 Å². The van der Waals surface area contributed by atoms with Gasteiger partial charge in [-0.2, -0.15) is 18.6 Å². The van der Waals surface area contributed by atoms with Crippen molar-refractivity contribution < 1.29 is 18.3 Å². The first-order valence-corrected chi connectivity index (χ1v) is 5.39. The van der Waals surface area contributed by atoms with Crippen LogP contribution in [0.4, 0.5) is 14.5 Å². The summed E-state index contributed by atoms with van der Waals surface area (Å²) in [6.07, 6.45) is 1.15. The fourth-order valence-corrected chi connectivity index (χ4v) is 1.55. The van der Waals surface area contributed by atoms with Crippen LogP contribution in [-0.4, -0.2) is 22.8 Å². The summed E-state index contributed by atoms with van der Waals surface area (Å²) in [7, 11) is 1.49. The Morgan fingerprint density at radius 3 is 2.89 bits per heavy atom. The zero-order chi connectivity index (χ0) is 13.8. The minimum absolute atomic E-state index is 0.210. The summed E-state index contributed by atoms with van der Waals surface area (Å²) in [4.78, 5) is 11.9. The summed E-state index contributed by atoms with van der Waals surface area (Å²) >= 11 is 0. The average molecular weight is 267 g/mol. The van der Waals surface area contributed by atoms with Crippen LogP contribution in [0.5, 0.6) is 5.75 Å². The Balaban J connectivity index is 2.18. The van der Waals surface area contributed by atoms with Crippen molar-refractivity contribution in [2.45, 2.75) is 6.55 Å². The second-order valence-electron chi connectivity index (χ2n) is 3.62. The third-order valence-corrected chi connectivity index (χ3v) is 2.42. The molecule has 2 aromatic rings. The van der Waals surface area contributed by atoms with Crippen molar-refractivity contribution in [1.82, 2.24) is 9.78 Å². The number of hydrogen-bond donors (Lipinski definition) is 1. The van der Waals surface area contributed by atoms with Gasteiger partial charge >= 0.3 is 6.55 Å². The standard InChI is InChI=1S/C12H11F2N3O2/c1-19-9-4-2-3-8(7-9)16-11(18)10-5-6-15-17(10)12(13)14/h2-7,12H,1H3,(H,16,18). The lowest BCUT2D eigenvalue weighted by atomic mass is 10.3. The topological polar surface area (TPSA) is 56.1 Å². The maximum Gasteiger partial charge on any atom is 0.333 e. The molecule has 19 heavy (non-hydrogen) atoms. The lowest BCUT2D eigenvalue weighted by Gasteiger charge is -2.08. The van der Waals surface area contributed by atoms with Crippen molar-refractivity contribution in [3.05, 3.63) is 42.2 Å². The van der Waals surface area contributed by atoms with Gasteiger partial charge in [0.2, 0.25) is 0 Å². The Hall–Kier alpha value is -2.44. The maximum absolute atomic E-state index is 12.6. The molecule has 0 unspecified atom stereocenters. The molecular weight excluding hydrogens is 256 g/mol. The largest absolute Gasteiger partial charge is 0.497 e. The Labute approximate surface area is 107 Å². The molecule has 0 aliphatic heterocycles. The molecule has 5 nitrogen and oxygen atoms in total. The number of carbonyl (C=O) groups excluding carboxylic acids is 1. The molecule has 0 spiro atoms. The zero-order valence-electron chi connectivity index (χ0n) is 10.0. The second kappa shape index (κ2) is 5.47. The smallest absolute Gasteiger partial charge is 0.333 e. The zero-order valence-corrected chi connectivity index (χ0v) is 10.0. The molecule has 0 saturated heterocycles. The van der Waals surface area contributed by atoms with Gasteiger partial charge in [-0.15, -0.1) is 0 Å². The summed E-state index contributed by atoms with van der Waals surface area (Å²) in [5.41, 5.74) is 0.240. The summed E-state index contributed by atoms with van der Waals surface area (Å²) in [5, 5.41) is 5.89. The SMILES string of the molecule is COc1cccc(NC(=O)c2ccnn2C(F)F)c1. The van der Waals surface area contributed by atoms with E-state index in [0.717, 1.165) is 6.20 Å². The lowest BCUT2D eigenvalue weighted by molar-refractivity contribution is 0.0520. The van der Waals surface area contributed by atoms with Crippen molar-refractivity contribution in [3.63, 3.8) is 0 Å². The predicted octanol–water partition coefficient (Wildman–Crippen LogP) is 2.54. The number of halogens is 2. The molecule has 2 rings (SSSR count). The van der Waals surface area contributed by atoms with Crippen molar-refractivity contribution in [1.29, 1.82) is 0 Å². The molecule has 0 fully saturated rings. The first kappa shape index (κ1) is 13.0. The summed E-state index contributed by atoms with van der Waals surface area (Å²) in [6.45, 7) is -2.86. The average Bonchev–Trinajstić information content (AvgIpc) is 2.88. The van der Waals surface area contributed by atoms with E-state index in [-0.39, 0.29) is 5.69 Å². The van der Waals surface area contributed by atoms with Crippen molar-refractivity contribution in [2.24, 2.45) is 0 Å². The van der Waals surface area contributed by atoms with Crippen molar-refractivity contribution >= 4 is 11.6 Å². The number of carbonyl (C=O) groups is 1. The van der Waals surface area contributed by atoms with E-state index in [1.54, 1.807) is 24.3 Å². The van der Waals surface area contributed by atoms with Gasteiger partial charge in [0.25, 0.3) is 5.91 Å². The molecule has 0 atom stereocenters. The number of nitrogens with one attached hydrogen (secondary N) is 1. The molecule has 1 amide bonds. The van der Waals surface area contributed by atoms with Gasteiger partial charge in [0.05, 0.1) is 7.11 Å². The predicted molar refractivity (Wildman–Crippen MR) is 64.4 cm³/mol. The number of aromatic nitrogens is 2. The highest BCUT2D eigenvalue weighted by atomic mass is 19.3. The lowest BCUT2D eigenvalue weighted by Crippen LogP contribution is -2.18. The molecule has 1 aromatic heterocycles. The third kappa shape index (κ3) is 2.87. The highest BCUT2D eigenvalue weighted by Gasteiger charge is 2.17. The van der Waals surface area contributed by atoms with Crippen LogP contribution in [0, 0.1) is 0 Å². The van der Waals surface area contributed by atoms with E-state index in [1.807, 2.05) is 0 Å². The third-order valence-electron chi connectivity index (χ3n) is 2.42. The van der Waals surface area contributed by atoms with E-state index in [1.165, 1.54) is 13.2 Å². The number of hydrogen-bond acceptors (Lipinski definition) is 3. The number of alkyl halides is 2. The van der Waals surface area contributed by atoms with Crippen molar-refractivity contribution in [2.75, 3.05) is 12.4 Å². The summed E-state index contributed by atoms with van der Waals surface area (Å²) < 4.78 is 30.5. The van der Waals surface area contributed by atoms with E-state index >= 15 is 0 Å². The monoisotopic (exact) mass is 267 g/mol. The van der Waals surface area contributed by atoms with E-state index < -0.39 is 12.5 Å². The van der Waals surface area contributed by atoms with Gasteiger partial charge in [-0.3, -0.25) is 4.79 Å². The first-order chi connectivity index (χ1) is 9.11. The van der Waals surface area contributed by atoms with Gasteiger partial charge in [-0.05, 0) is 18.2 Å². The van der Waals surface area contributed by atoms with Crippen LogP contribution in [0.1, 0.15) is 17.0 Å². The molecule has 1 aromatic carbocycles. The summed E-state index contributed by atoms with van der Waals surface area (Å²) in [6, 6.07) is 7.82. The number of benzene rings is 1. The van der Waals surface area contributed by atoms with E-state index in [0.29, 0.717) is 16.1 Å². The van der Waals surface area contributed by atoms with Crippen LogP contribution in [0.2, 0.25) is 0 Å². The summed E-state index contributed by atoms with van der Waals surface area (Å²) in [5.74, 6) is -0.105. The minimum atomic E-state index is -2.86. The van der Waals surface area contributed by atoms with E-state index in [2.05, 4.69) is 10.4 Å². The Kier molecular flexibility index (Phi) is 3.74.